The van der Waals surface area contributed by atoms with Crippen molar-refractivity contribution in [2.45, 2.75) is 50.5 Å². The number of pyridine rings is 1. The van der Waals surface area contributed by atoms with Crippen molar-refractivity contribution in [3.63, 3.8) is 0 Å². The first kappa shape index (κ1) is 17.0. The number of nitrogen functional groups attached to an aromatic ring is 1. The lowest BCUT2D eigenvalue weighted by Gasteiger charge is -2.32. The molecule has 0 bridgehead atoms. The number of aliphatic hydroxyl groups excluding tert-OH is 1. The molecule has 4 heterocycles. The second-order valence-corrected chi connectivity index (χ2v) is 8.42. The number of anilines is 2. The van der Waals surface area contributed by atoms with Gasteiger partial charge in [-0.15, -0.1) is 11.3 Å². The van der Waals surface area contributed by atoms with Crippen LogP contribution in [0, 0.1) is 0 Å². The molecule has 2 aliphatic rings. The zero-order valence-corrected chi connectivity index (χ0v) is 15.8. The Morgan fingerprint density at radius 1 is 1.30 bits per heavy atom. The smallest absolute Gasteiger partial charge is 0.150 e. The second-order valence-electron chi connectivity index (χ2n) is 7.37. The summed E-state index contributed by atoms with van der Waals surface area (Å²) in [7, 11) is 0. The molecule has 1 saturated heterocycles. The molecule has 1 aliphatic carbocycles. The Labute approximate surface area is 161 Å². The van der Waals surface area contributed by atoms with Crippen LogP contribution in [0.5, 0.6) is 0 Å². The zero-order chi connectivity index (χ0) is 18.4. The number of ether oxygens (including phenoxy) is 1. The van der Waals surface area contributed by atoms with E-state index >= 15 is 0 Å². The second kappa shape index (κ2) is 6.78. The molecule has 27 heavy (non-hydrogen) atoms. The third-order valence-electron chi connectivity index (χ3n) is 5.32. The third-order valence-corrected chi connectivity index (χ3v) is 6.50. The zero-order valence-electron chi connectivity index (χ0n) is 15.0. The largest absolute Gasteiger partial charge is 0.393 e. The van der Waals surface area contributed by atoms with E-state index in [1.165, 1.54) is 0 Å². The molecule has 3 aromatic heterocycles. The Balaban J connectivity index is 1.51. The molecule has 1 atom stereocenters. The first-order valence-electron chi connectivity index (χ1n) is 9.47. The maximum atomic E-state index is 9.55. The van der Waals surface area contributed by atoms with Crippen molar-refractivity contribution in [1.29, 1.82) is 0 Å². The number of thiophene rings is 1. The van der Waals surface area contributed by atoms with Gasteiger partial charge in [0.25, 0.3) is 0 Å². The molecular weight excluding hydrogens is 362 g/mol. The number of aromatic nitrogens is 3. The number of rotatable bonds is 4. The van der Waals surface area contributed by atoms with Crippen molar-refractivity contribution >= 4 is 33.1 Å². The molecule has 7 nitrogen and oxygen atoms in total. The van der Waals surface area contributed by atoms with Crippen LogP contribution >= 0.6 is 11.3 Å². The van der Waals surface area contributed by atoms with Crippen molar-refractivity contribution in [3.8, 4) is 10.6 Å². The molecule has 0 amide bonds. The molecule has 2 fully saturated rings. The minimum Gasteiger partial charge on any atom is -0.393 e. The average Bonchev–Trinajstić information content (AvgIpc) is 3.27. The highest BCUT2D eigenvalue weighted by molar-refractivity contribution is 7.22. The number of hydrogen-bond acceptors (Lipinski definition) is 7. The van der Waals surface area contributed by atoms with Gasteiger partial charge in [0.2, 0.25) is 0 Å². The van der Waals surface area contributed by atoms with Gasteiger partial charge in [-0.2, -0.15) is 5.10 Å². The Hall–Kier alpha value is -2.16. The molecule has 3 aromatic rings. The van der Waals surface area contributed by atoms with Gasteiger partial charge in [-0.25, -0.2) is 9.67 Å². The number of nitrogens with one attached hydrogen (secondary N) is 1. The van der Waals surface area contributed by atoms with Crippen LogP contribution in [0.4, 0.5) is 11.5 Å². The first-order valence-corrected chi connectivity index (χ1v) is 10.3. The van der Waals surface area contributed by atoms with E-state index in [0.717, 1.165) is 65.2 Å². The van der Waals surface area contributed by atoms with Crippen LogP contribution in [-0.2, 0) is 4.74 Å². The van der Waals surface area contributed by atoms with Gasteiger partial charge in [-0.3, -0.25) is 0 Å². The fraction of sp³-hybridized carbons (Fsp3) is 0.474. The Kier molecular flexibility index (Phi) is 4.26. The highest BCUT2D eigenvalue weighted by Crippen LogP contribution is 2.40. The van der Waals surface area contributed by atoms with Crippen LogP contribution in [0.2, 0.25) is 0 Å². The summed E-state index contributed by atoms with van der Waals surface area (Å²) < 4.78 is 8.99. The Bertz CT molecular complexity index is 956. The molecule has 1 unspecified atom stereocenters. The lowest BCUT2D eigenvalue weighted by atomic mass is 9.89. The number of hydrogen-bond donors (Lipinski definition) is 3. The van der Waals surface area contributed by atoms with Crippen LogP contribution in [0.1, 0.15) is 38.3 Å². The van der Waals surface area contributed by atoms with Gasteiger partial charge < -0.3 is 20.9 Å². The van der Waals surface area contributed by atoms with Crippen LogP contribution in [0.15, 0.2) is 24.4 Å². The summed E-state index contributed by atoms with van der Waals surface area (Å²) in [6, 6.07) is 6.28. The van der Waals surface area contributed by atoms with E-state index in [2.05, 4.69) is 21.5 Å². The normalized spacial score (nSPS) is 25.4. The predicted molar refractivity (Wildman–Crippen MR) is 107 cm³/mol. The fourth-order valence-corrected chi connectivity index (χ4v) is 4.95. The minimum atomic E-state index is -0.194. The average molecular weight is 385 g/mol. The summed E-state index contributed by atoms with van der Waals surface area (Å²) in [5, 5.41) is 17.6. The van der Waals surface area contributed by atoms with E-state index in [1.807, 2.05) is 23.0 Å². The quantitative estimate of drug-likeness (QED) is 0.637. The standard InChI is InChI=1S/C19H23N5O2S/c20-17-10-14(22-11-7-12(25)8-11)19-13(23-17)9-16(27-19)15-4-5-21-24(15)18-3-1-2-6-26-18/h4-5,9-12,18,25H,1-3,6-8H2,(H3,20,22,23). The molecule has 5 rings (SSSR count). The van der Waals surface area contributed by atoms with Crippen molar-refractivity contribution in [3.05, 3.63) is 24.4 Å². The van der Waals surface area contributed by atoms with E-state index in [1.54, 1.807) is 11.3 Å². The molecule has 0 spiro atoms. The maximum absolute atomic E-state index is 9.55. The summed E-state index contributed by atoms with van der Waals surface area (Å²) in [5.41, 5.74) is 8.95. The van der Waals surface area contributed by atoms with Crippen molar-refractivity contribution in [2.24, 2.45) is 0 Å². The van der Waals surface area contributed by atoms with E-state index in [4.69, 9.17) is 10.5 Å². The Morgan fingerprint density at radius 2 is 2.19 bits per heavy atom. The molecule has 1 saturated carbocycles. The van der Waals surface area contributed by atoms with E-state index in [-0.39, 0.29) is 18.4 Å². The first-order chi connectivity index (χ1) is 13.2. The number of aliphatic hydroxyl groups is 1. The molecule has 0 aromatic carbocycles. The lowest BCUT2D eigenvalue weighted by molar-refractivity contribution is -0.0383. The summed E-state index contributed by atoms with van der Waals surface area (Å²) in [6.45, 7) is 0.787. The highest BCUT2D eigenvalue weighted by atomic mass is 32.1. The predicted octanol–water partition coefficient (Wildman–Crippen LogP) is 3.38. The van der Waals surface area contributed by atoms with E-state index < -0.39 is 0 Å². The summed E-state index contributed by atoms with van der Waals surface area (Å²) >= 11 is 1.69. The Morgan fingerprint density at radius 3 is 2.96 bits per heavy atom. The SMILES string of the molecule is Nc1cc(NC2CC(O)C2)c2sc(-c3ccnn3C3CCCCO3)cc2n1. The maximum Gasteiger partial charge on any atom is 0.150 e. The molecule has 142 valence electrons. The monoisotopic (exact) mass is 385 g/mol. The van der Waals surface area contributed by atoms with E-state index in [9.17, 15) is 5.11 Å². The third kappa shape index (κ3) is 3.18. The summed E-state index contributed by atoms with van der Waals surface area (Å²) in [4.78, 5) is 5.62. The van der Waals surface area contributed by atoms with Crippen molar-refractivity contribution in [2.75, 3.05) is 17.7 Å². The molecule has 4 N–H and O–H groups in total. The highest BCUT2D eigenvalue weighted by Gasteiger charge is 2.28. The number of nitrogens with two attached hydrogens (primary N) is 1. The fourth-order valence-electron chi connectivity index (χ4n) is 3.86. The summed E-state index contributed by atoms with van der Waals surface area (Å²) in [6.07, 6.45) is 6.44. The summed E-state index contributed by atoms with van der Waals surface area (Å²) in [5.74, 6) is 0.498. The lowest BCUT2D eigenvalue weighted by Crippen LogP contribution is -2.38. The number of nitrogens with zero attached hydrogens (tertiary/aromatic N) is 3. The molecular formula is C19H23N5O2S. The van der Waals surface area contributed by atoms with Gasteiger partial charge in [0.05, 0.1) is 32.6 Å². The van der Waals surface area contributed by atoms with Gasteiger partial charge in [-0.05, 0) is 44.2 Å². The molecule has 8 heteroatoms. The van der Waals surface area contributed by atoms with Gasteiger partial charge in [0, 0.05) is 24.9 Å². The van der Waals surface area contributed by atoms with Gasteiger partial charge in [0.1, 0.15) is 5.82 Å². The molecule has 1 aliphatic heterocycles. The van der Waals surface area contributed by atoms with E-state index in [0.29, 0.717) is 5.82 Å². The van der Waals surface area contributed by atoms with Crippen LogP contribution in [0.25, 0.3) is 20.8 Å². The topological polar surface area (TPSA) is 98.2 Å². The minimum absolute atomic E-state index is 0.000973. The number of fused-ring (bicyclic) bond motifs is 1. The van der Waals surface area contributed by atoms with Gasteiger partial charge >= 0.3 is 0 Å². The van der Waals surface area contributed by atoms with Crippen LogP contribution < -0.4 is 11.1 Å². The van der Waals surface area contributed by atoms with Crippen molar-refractivity contribution in [1.82, 2.24) is 14.8 Å². The van der Waals surface area contributed by atoms with Crippen molar-refractivity contribution < 1.29 is 9.84 Å². The van der Waals surface area contributed by atoms with Crippen LogP contribution in [-0.4, -0.2) is 38.6 Å². The van der Waals surface area contributed by atoms with Gasteiger partial charge in [0.15, 0.2) is 6.23 Å². The van der Waals surface area contributed by atoms with Gasteiger partial charge in [-0.1, -0.05) is 0 Å². The van der Waals surface area contributed by atoms with Crippen LogP contribution in [0.3, 0.4) is 0 Å². The molecule has 0 radical (unpaired) electrons.